The minimum atomic E-state index is -0.674. The van der Waals surface area contributed by atoms with Crippen molar-refractivity contribution in [1.82, 2.24) is 10.6 Å². The Morgan fingerprint density at radius 1 is 0.949 bits per heavy atom. The Morgan fingerprint density at radius 2 is 1.69 bits per heavy atom. The van der Waals surface area contributed by atoms with E-state index in [-0.39, 0.29) is 30.8 Å². The highest BCUT2D eigenvalue weighted by Crippen LogP contribution is 2.22. The number of aliphatic hydroxyl groups is 2. The van der Waals surface area contributed by atoms with Crippen LogP contribution in [0.25, 0.3) is 0 Å². The maximum atomic E-state index is 11.9. The monoisotopic (exact) mass is 541 g/mol. The largest absolute Gasteiger partial charge is 0.508 e. The molecule has 5 N–H and O–H groups in total. The van der Waals surface area contributed by atoms with E-state index in [0.29, 0.717) is 23.4 Å². The van der Waals surface area contributed by atoms with Crippen LogP contribution in [0.5, 0.6) is 5.75 Å². The molecule has 9 nitrogen and oxygen atoms in total. The van der Waals surface area contributed by atoms with Gasteiger partial charge in [0.1, 0.15) is 5.75 Å². The molecule has 0 aliphatic carbocycles. The van der Waals surface area contributed by atoms with Crippen LogP contribution in [0.15, 0.2) is 42.5 Å². The summed E-state index contributed by atoms with van der Waals surface area (Å²) in [5, 5.41) is 34.9. The Hall–Kier alpha value is -2.98. The molecule has 3 amide bonds. The average Bonchev–Trinajstić information content (AvgIpc) is 3.28. The second-order valence-electron chi connectivity index (χ2n) is 10.0. The fourth-order valence-corrected chi connectivity index (χ4v) is 4.63. The standard InChI is InChI=1S/C30H43N3O6/c34-22-25-19-24(13-14-27(25)35)28(36)20-31-15-6-2-4-8-17-39-16-7-3-1-5-10-23-11-9-12-26(18-23)33-29(37)21-32-30(33)38/h9,11-14,18-19,28,31,34-36H,1-8,10,15-17,20-22H2,(H,32,38)/t28-/m1/s1. The second kappa shape index (κ2) is 16.9. The maximum Gasteiger partial charge on any atom is 0.329 e. The van der Waals surface area contributed by atoms with Crippen LogP contribution < -0.4 is 15.5 Å². The van der Waals surface area contributed by atoms with Gasteiger partial charge in [0.15, 0.2) is 0 Å². The summed E-state index contributed by atoms with van der Waals surface area (Å²) in [6.07, 6.45) is 8.92. The Morgan fingerprint density at radius 3 is 2.41 bits per heavy atom. The number of ether oxygens (including phenoxy) is 1. The molecule has 1 saturated heterocycles. The minimum absolute atomic E-state index is 0.0381. The Bertz CT molecular complexity index is 1030. The lowest BCUT2D eigenvalue weighted by atomic mass is 10.1. The molecule has 9 heteroatoms. The van der Waals surface area contributed by atoms with Gasteiger partial charge in [-0.05, 0) is 74.0 Å². The van der Waals surface area contributed by atoms with E-state index in [2.05, 4.69) is 10.6 Å². The molecule has 0 unspecified atom stereocenters. The lowest BCUT2D eigenvalue weighted by Gasteiger charge is -2.14. The molecule has 0 bridgehead atoms. The van der Waals surface area contributed by atoms with Crippen LogP contribution in [-0.4, -0.2) is 60.1 Å². The van der Waals surface area contributed by atoms with Gasteiger partial charge in [-0.3, -0.25) is 4.79 Å². The molecule has 0 spiro atoms. The van der Waals surface area contributed by atoms with Crippen LogP contribution in [0.4, 0.5) is 10.5 Å². The molecule has 39 heavy (non-hydrogen) atoms. The summed E-state index contributed by atoms with van der Waals surface area (Å²) in [5.74, 6) is -0.178. The van der Waals surface area contributed by atoms with Gasteiger partial charge in [-0.1, -0.05) is 43.9 Å². The van der Waals surface area contributed by atoms with Crippen molar-refractivity contribution in [3.63, 3.8) is 0 Å². The predicted octanol–water partition coefficient (Wildman–Crippen LogP) is 3.94. The van der Waals surface area contributed by atoms with Gasteiger partial charge in [0.05, 0.1) is 24.9 Å². The van der Waals surface area contributed by atoms with Crippen LogP contribution in [0, 0.1) is 0 Å². The number of hydrogen-bond acceptors (Lipinski definition) is 7. The van der Waals surface area contributed by atoms with Crippen molar-refractivity contribution >= 4 is 17.6 Å². The summed E-state index contributed by atoms with van der Waals surface area (Å²) in [5.41, 5.74) is 2.87. The average molecular weight is 542 g/mol. The van der Waals surface area contributed by atoms with Crippen molar-refractivity contribution < 1.29 is 29.6 Å². The number of benzene rings is 2. The molecule has 3 rings (SSSR count). The first-order valence-corrected chi connectivity index (χ1v) is 14.1. The normalized spacial score (nSPS) is 14.2. The molecule has 1 aliphatic rings. The number of amides is 3. The molecule has 2 aromatic rings. The molecule has 1 aliphatic heterocycles. The lowest BCUT2D eigenvalue weighted by molar-refractivity contribution is -0.115. The van der Waals surface area contributed by atoms with E-state index in [1.165, 1.54) is 11.0 Å². The highest BCUT2D eigenvalue weighted by molar-refractivity contribution is 6.19. The smallest absolute Gasteiger partial charge is 0.329 e. The number of unbranched alkanes of at least 4 members (excludes halogenated alkanes) is 6. The third-order valence-electron chi connectivity index (χ3n) is 6.90. The number of imide groups is 1. The Kier molecular flexibility index (Phi) is 13.2. The van der Waals surface area contributed by atoms with Crippen molar-refractivity contribution in [2.75, 3.05) is 37.7 Å². The molecular weight excluding hydrogens is 498 g/mol. The SMILES string of the molecule is O=C1CNC(=O)N1c1cccc(CCCCCCOCCCCCCNC[C@@H](O)c2ccc(O)c(CO)c2)c1. The second-order valence-corrected chi connectivity index (χ2v) is 10.0. The number of aryl methyl sites for hydroxylation is 1. The minimum Gasteiger partial charge on any atom is -0.508 e. The van der Waals surface area contributed by atoms with E-state index in [1.54, 1.807) is 18.2 Å². The molecule has 1 fully saturated rings. The summed E-state index contributed by atoms with van der Waals surface area (Å²) < 4.78 is 5.77. The van der Waals surface area contributed by atoms with Gasteiger partial charge in [0.25, 0.3) is 5.91 Å². The molecule has 214 valence electrons. The summed E-state index contributed by atoms with van der Waals surface area (Å²) in [6.45, 7) is 2.65. The van der Waals surface area contributed by atoms with Crippen molar-refractivity contribution in [3.8, 4) is 5.75 Å². The van der Waals surface area contributed by atoms with Gasteiger partial charge in [-0.15, -0.1) is 0 Å². The summed E-state index contributed by atoms with van der Waals surface area (Å²) in [4.78, 5) is 24.9. The number of aromatic hydroxyl groups is 1. The molecule has 2 aromatic carbocycles. The highest BCUT2D eigenvalue weighted by Gasteiger charge is 2.29. The van der Waals surface area contributed by atoms with Crippen molar-refractivity contribution in [1.29, 1.82) is 0 Å². The van der Waals surface area contributed by atoms with E-state index >= 15 is 0 Å². The van der Waals surface area contributed by atoms with Crippen LogP contribution in [0.3, 0.4) is 0 Å². The van der Waals surface area contributed by atoms with E-state index in [0.717, 1.165) is 83.1 Å². The van der Waals surface area contributed by atoms with E-state index in [4.69, 9.17) is 4.74 Å². The number of carbonyl (C=O) groups excluding carboxylic acids is 2. The van der Waals surface area contributed by atoms with E-state index < -0.39 is 6.10 Å². The predicted molar refractivity (Wildman–Crippen MR) is 151 cm³/mol. The van der Waals surface area contributed by atoms with Gasteiger partial charge in [-0.25, -0.2) is 9.69 Å². The van der Waals surface area contributed by atoms with Gasteiger partial charge in [-0.2, -0.15) is 0 Å². The molecule has 1 atom stereocenters. The van der Waals surface area contributed by atoms with Crippen molar-refractivity contribution in [2.24, 2.45) is 0 Å². The van der Waals surface area contributed by atoms with E-state index in [9.17, 15) is 24.9 Å². The highest BCUT2D eigenvalue weighted by atomic mass is 16.5. The molecular formula is C30H43N3O6. The first-order valence-electron chi connectivity index (χ1n) is 14.1. The molecule has 1 heterocycles. The van der Waals surface area contributed by atoms with Crippen LogP contribution in [0.2, 0.25) is 0 Å². The number of nitrogens with one attached hydrogen (secondary N) is 2. The fraction of sp³-hybridized carbons (Fsp3) is 0.533. The van der Waals surface area contributed by atoms with Gasteiger partial charge in [0, 0.05) is 25.3 Å². The zero-order chi connectivity index (χ0) is 27.9. The van der Waals surface area contributed by atoms with Crippen LogP contribution in [0.1, 0.15) is 74.2 Å². The number of hydrogen-bond donors (Lipinski definition) is 5. The molecule has 0 saturated carbocycles. The van der Waals surface area contributed by atoms with Gasteiger partial charge in [0.2, 0.25) is 0 Å². The van der Waals surface area contributed by atoms with Gasteiger partial charge >= 0.3 is 6.03 Å². The number of rotatable bonds is 19. The van der Waals surface area contributed by atoms with Crippen molar-refractivity contribution in [3.05, 3.63) is 59.2 Å². The molecule has 0 aromatic heterocycles. The number of phenols is 1. The Balaban J connectivity index is 1.12. The van der Waals surface area contributed by atoms with Crippen LogP contribution in [-0.2, 0) is 22.6 Å². The number of urea groups is 1. The first-order chi connectivity index (χ1) is 19.0. The Labute approximate surface area is 231 Å². The third kappa shape index (κ3) is 10.3. The lowest BCUT2D eigenvalue weighted by Crippen LogP contribution is -2.30. The fourth-order valence-electron chi connectivity index (χ4n) is 4.63. The first kappa shape index (κ1) is 30.6. The zero-order valence-corrected chi connectivity index (χ0v) is 22.7. The number of carbonyl (C=O) groups is 2. The number of nitrogens with zero attached hydrogens (tertiary/aromatic N) is 1. The summed E-state index contributed by atoms with van der Waals surface area (Å²) in [7, 11) is 0. The quantitative estimate of drug-likeness (QED) is 0.134. The summed E-state index contributed by atoms with van der Waals surface area (Å²) >= 11 is 0. The number of anilines is 1. The maximum absolute atomic E-state index is 11.9. The zero-order valence-electron chi connectivity index (χ0n) is 22.7. The molecule has 0 radical (unpaired) electrons. The van der Waals surface area contributed by atoms with Crippen LogP contribution >= 0.6 is 0 Å². The van der Waals surface area contributed by atoms with Gasteiger partial charge < -0.3 is 30.7 Å². The topological polar surface area (TPSA) is 131 Å². The summed E-state index contributed by atoms with van der Waals surface area (Å²) in [6, 6.07) is 12.1. The van der Waals surface area contributed by atoms with E-state index in [1.807, 2.05) is 18.2 Å². The third-order valence-corrected chi connectivity index (χ3v) is 6.90. The number of aliphatic hydroxyl groups excluding tert-OH is 2. The van der Waals surface area contributed by atoms with Crippen molar-refractivity contribution in [2.45, 2.75) is 70.5 Å².